The van der Waals surface area contributed by atoms with Gasteiger partial charge < -0.3 is 4.84 Å². The van der Waals surface area contributed by atoms with Crippen molar-refractivity contribution in [3.8, 4) is 0 Å². The highest BCUT2D eigenvalue weighted by atomic mass is 35.5. The molecule has 0 saturated heterocycles. The van der Waals surface area contributed by atoms with E-state index in [-0.39, 0.29) is 32.4 Å². The summed E-state index contributed by atoms with van der Waals surface area (Å²) in [5.41, 5.74) is 2.17. The van der Waals surface area contributed by atoms with Crippen LogP contribution in [0.3, 0.4) is 0 Å². The fraction of sp³-hybridized carbons (Fsp3) is 0.160. The first-order chi connectivity index (χ1) is 17.4. The highest BCUT2D eigenvalue weighted by Gasteiger charge is 2.62. The number of amides is 2. The van der Waals surface area contributed by atoms with E-state index in [9.17, 15) is 27.2 Å². The summed E-state index contributed by atoms with van der Waals surface area (Å²) in [6, 6.07) is 12.7. The van der Waals surface area contributed by atoms with Gasteiger partial charge in [-0.3, -0.25) is 20.4 Å². The van der Waals surface area contributed by atoms with Crippen molar-refractivity contribution in [3.05, 3.63) is 104 Å². The second kappa shape index (κ2) is 10.0. The first-order valence-electron chi connectivity index (χ1n) is 10.7. The van der Waals surface area contributed by atoms with Crippen LogP contribution in [-0.4, -0.2) is 23.7 Å². The predicted molar refractivity (Wildman–Crippen MR) is 129 cm³/mol. The molecule has 1 unspecified atom stereocenters. The summed E-state index contributed by atoms with van der Waals surface area (Å²) in [5.74, 6) is -2.03. The summed E-state index contributed by atoms with van der Waals surface area (Å²) in [7, 11) is 0. The fourth-order valence-electron chi connectivity index (χ4n) is 3.83. The van der Waals surface area contributed by atoms with E-state index < -0.39 is 35.8 Å². The molecule has 0 fully saturated rings. The third-order valence-electron chi connectivity index (χ3n) is 5.70. The Balaban J connectivity index is 1.51. The molecular formula is C25H17Cl2F4N3O3. The highest BCUT2D eigenvalue weighted by molar-refractivity contribution is 6.34. The van der Waals surface area contributed by atoms with Gasteiger partial charge in [0.15, 0.2) is 0 Å². The molecule has 4 rings (SSSR count). The Morgan fingerprint density at radius 3 is 2.27 bits per heavy atom. The lowest BCUT2D eigenvalue weighted by Crippen LogP contribution is -2.42. The number of alkyl halides is 3. The highest BCUT2D eigenvalue weighted by Crippen LogP contribution is 2.49. The van der Waals surface area contributed by atoms with Crippen LogP contribution in [0.4, 0.5) is 17.6 Å². The summed E-state index contributed by atoms with van der Waals surface area (Å²) in [4.78, 5) is 29.7. The lowest BCUT2D eigenvalue weighted by Gasteiger charge is -2.29. The predicted octanol–water partition coefficient (Wildman–Crippen LogP) is 6.10. The maximum atomic E-state index is 14.2. The van der Waals surface area contributed by atoms with Gasteiger partial charge in [0.1, 0.15) is 5.82 Å². The lowest BCUT2D eigenvalue weighted by molar-refractivity contribution is -0.275. The molecule has 2 amide bonds. The molecule has 3 aromatic carbocycles. The minimum Gasteiger partial charge on any atom is -0.374 e. The van der Waals surface area contributed by atoms with Gasteiger partial charge in [0, 0.05) is 33.2 Å². The number of benzene rings is 3. The van der Waals surface area contributed by atoms with Crippen molar-refractivity contribution < 1.29 is 32.0 Å². The molecule has 1 atom stereocenters. The second-order valence-electron chi connectivity index (χ2n) is 8.24. The van der Waals surface area contributed by atoms with Crippen molar-refractivity contribution in [1.29, 1.82) is 0 Å². The number of hydrogen-bond donors (Lipinski definition) is 2. The number of nitrogens with zero attached hydrogens (tertiary/aromatic N) is 1. The summed E-state index contributed by atoms with van der Waals surface area (Å²) in [6.45, 7) is 1.57. The molecule has 3 aromatic rings. The number of halogens is 6. The zero-order valence-corrected chi connectivity index (χ0v) is 20.4. The van der Waals surface area contributed by atoms with E-state index in [1.807, 2.05) is 0 Å². The molecule has 0 spiro atoms. The minimum absolute atomic E-state index is 0.000698. The van der Waals surface area contributed by atoms with Crippen LogP contribution in [0.1, 0.15) is 43.8 Å². The Labute approximate surface area is 218 Å². The van der Waals surface area contributed by atoms with E-state index in [0.29, 0.717) is 11.1 Å². The average Bonchev–Trinajstić information content (AvgIpc) is 3.29. The third kappa shape index (κ3) is 5.40. The minimum atomic E-state index is -4.85. The van der Waals surface area contributed by atoms with Gasteiger partial charge in [-0.15, -0.1) is 0 Å². The molecule has 0 saturated carbocycles. The maximum absolute atomic E-state index is 14.2. The van der Waals surface area contributed by atoms with Crippen LogP contribution < -0.4 is 10.9 Å². The number of oxime groups is 1. The molecule has 0 bridgehead atoms. The van der Waals surface area contributed by atoms with Crippen molar-refractivity contribution in [3.63, 3.8) is 0 Å². The zero-order valence-electron chi connectivity index (χ0n) is 18.9. The van der Waals surface area contributed by atoms with Gasteiger partial charge in [-0.05, 0) is 66.6 Å². The van der Waals surface area contributed by atoms with E-state index >= 15 is 0 Å². The summed E-state index contributed by atoms with van der Waals surface area (Å²) in [6.07, 6.45) is -5.50. The standard InChI is InChI=1S/C25H17Cl2F4N3O3/c1-13-7-14(5-6-20(13)23(36)33-32-22(35)15-3-2-4-19(28)8-15)21-12-24(37-34-21,25(29,30)31)16-9-17(26)11-18(27)10-16/h2-11H,12H2,1H3,(H,32,35)(H,33,36). The Hall–Kier alpha value is -3.63. The van der Waals surface area contributed by atoms with Gasteiger partial charge in [-0.2, -0.15) is 13.2 Å². The molecule has 37 heavy (non-hydrogen) atoms. The third-order valence-corrected chi connectivity index (χ3v) is 6.13. The number of aryl methyl sites for hydroxylation is 1. The van der Waals surface area contributed by atoms with Crippen molar-refractivity contribution in [2.75, 3.05) is 0 Å². The van der Waals surface area contributed by atoms with Crippen LogP contribution in [0, 0.1) is 12.7 Å². The molecule has 12 heteroatoms. The molecule has 0 radical (unpaired) electrons. The van der Waals surface area contributed by atoms with Crippen molar-refractivity contribution in [1.82, 2.24) is 10.9 Å². The van der Waals surface area contributed by atoms with E-state index in [4.69, 9.17) is 28.0 Å². The second-order valence-corrected chi connectivity index (χ2v) is 9.11. The normalized spacial score (nSPS) is 17.1. The fourth-order valence-corrected chi connectivity index (χ4v) is 4.35. The van der Waals surface area contributed by atoms with Crippen LogP contribution >= 0.6 is 23.2 Å². The van der Waals surface area contributed by atoms with E-state index in [2.05, 4.69) is 16.0 Å². The van der Waals surface area contributed by atoms with Crippen LogP contribution in [0.5, 0.6) is 0 Å². The summed E-state index contributed by atoms with van der Waals surface area (Å²) in [5, 5.41) is 3.73. The van der Waals surface area contributed by atoms with E-state index in [1.165, 1.54) is 42.5 Å². The van der Waals surface area contributed by atoms with Gasteiger partial charge in [-0.1, -0.05) is 40.5 Å². The first kappa shape index (κ1) is 26.4. The number of rotatable bonds is 4. The SMILES string of the molecule is Cc1cc(C2=NOC(c3cc(Cl)cc(Cl)c3)(C(F)(F)F)C2)ccc1C(=O)NNC(=O)c1cccc(F)c1. The van der Waals surface area contributed by atoms with E-state index in [0.717, 1.165) is 18.2 Å². The molecule has 6 nitrogen and oxygen atoms in total. The topological polar surface area (TPSA) is 79.8 Å². The van der Waals surface area contributed by atoms with E-state index in [1.54, 1.807) is 6.92 Å². The van der Waals surface area contributed by atoms with Gasteiger partial charge in [0.05, 0.1) is 5.71 Å². The lowest BCUT2D eigenvalue weighted by atomic mass is 9.86. The number of carbonyl (C=O) groups excluding carboxylic acids is 2. The number of nitrogens with one attached hydrogen (secondary N) is 2. The number of hydrogen-bond acceptors (Lipinski definition) is 4. The monoisotopic (exact) mass is 553 g/mol. The van der Waals surface area contributed by atoms with Gasteiger partial charge in [0.25, 0.3) is 17.4 Å². The van der Waals surface area contributed by atoms with Gasteiger partial charge in [0.2, 0.25) is 0 Å². The molecule has 192 valence electrons. The molecule has 0 aromatic heterocycles. The Bertz CT molecular complexity index is 1410. The van der Waals surface area contributed by atoms with Crippen LogP contribution in [-0.2, 0) is 10.4 Å². The number of hydrazine groups is 1. The largest absolute Gasteiger partial charge is 0.435 e. The summed E-state index contributed by atoms with van der Waals surface area (Å²) >= 11 is 11.8. The number of carbonyl (C=O) groups is 2. The smallest absolute Gasteiger partial charge is 0.374 e. The molecule has 0 aliphatic carbocycles. The molecular weight excluding hydrogens is 537 g/mol. The maximum Gasteiger partial charge on any atom is 0.435 e. The van der Waals surface area contributed by atoms with Gasteiger partial charge in [-0.25, -0.2) is 4.39 Å². The first-order valence-corrected chi connectivity index (χ1v) is 11.4. The van der Waals surface area contributed by atoms with Crippen LogP contribution in [0.25, 0.3) is 0 Å². The molecule has 1 aliphatic rings. The molecule has 1 aliphatic heterocycles. The zero-order chi connectivity index (χ0) is 27.0. The quantitative estimate of drug-likeness (QED) is 0.302. The van der Waals surface area contributed by atoms with Crippen LogP contribution in [0.15, 0.2) is 65.8 Å². The Morgan fingerprint density at radius 2 is 1.65 bits per heavy atom. The van der Waals surface area contributed by atoms with Crippen molar-refractivity contribution in [2.45, 2.75) is 25.1 Å². The Morgan fingerprint density at radius 1 is 0.973 bits per heavy atom. The molecule has 2 N–H and O–H groups in total. The van der Waals surface area contributed by atoms with Crippen molar-refractivity contribution in [2.24, 2.45) is 5.16 Å². The molecule has 1 heterocycles. The van der Waals surface area contributed by atoms with Gasteiger partial charge >= 0.3 is 6.18 Å². The average molecular weight is 554 g/mol. The Kier molecular flexibility index (Phi) is 7.16. The van der Waals surface area contributed by atoms with Crippen LogP contribution in [0.2, 0.25) is 10.0 Å². The van der Waals surface area contributed by atoms with Crippen molar-refractivity contribution >= 4 is 40.7 Å². The summed E-state index contributed by atoms with van der Waals surface area (Å²) < 4.78 is 55.9.